The monoisotopic (exact) mass is 277 g/mol. The van der Waals surface area contributed by atoms with Gasteiger partial charge in [0.15, 0.2) is 0 Å². The average molecular weight is 277 g/mol. The number of thioether (sulfide) groups is 1. The van der Waals surface area contributed by atoms with E-state index in [1.54, 1.807) is 11.8 Å². The molecule has 0 aliphatic heterocycles. The number of ether oxygens (including phenoxy) is 1. The first-order valence-electron chi connectivity index (χ1n) is 6.35. The molecular formula is C15H19NO2S. The Morgan fingerprint density at radius 3 is 2.79 bits per heavy atom. The summed E-state index contributed by atoms with van der Waals surface area (Å²) in [5.41, 5.74) is 3.34. The predicted molar refractivity (Wildman–Crippen MR) is 78.8 cm³/mol. The van der Waals surface area contributed by atoms with Gasteiger partial charge in [0.1, 0.15) is 11.5 Å². The van der Waals surface area contributed by atoms with Gasteiger partial charge in [-0.25, -0.2) is 0 Å². The quantitative estimate of drug-likeness (QED) is 0.750. The van der Waals surface area contributed by atoms with Gasteiger partial charge in [-0.1, -0.05) is 17.3 Å². The summed E-state index contributed by atoms with van der Waals surface area (Å²) < 4.78 is 10.9. The lowest BCUT2D eigenvalue weighted by atomic mass is 10.1. The zero-order valence-corrected chi connectivity index (χ0v) is 12.4. The van der Waals surface area contributed by atoms with Crippen LogP contribution in [0.3, 0.4) is 0 Å². The molecule has 102 valence electrons. The molecule has 0 aliphatic rings. The number of benzene rings is 1. The van der Waals surface area contributed by atoms with Gasteiger partial charge in [-0.05, 0) is 38.0 Å². The van der Waals surface area contributed by atoms with Crippen LogP contribution < -0.4 is 4.74 Å². The predicted octanol–water partition coefficient (Wildman–Crippen LogP) is 3.91. The highest BCUT2D eigenvalue weighted by atomic mass is 32.2. The Balaban J connectivity index is 1.70. The molecule has 0 saturated heterocycles. The Morgan fingerprint density at radius 1 is 1.21 bits per heavy atom. The molecule has 0 unspecified atom stereocenters. The maximum Gasteiger partial charge on any atom is 0.146 e. The molecule has 0 bridgehead atoms. The number of nitrogens with zero attached hydrogens (tertiary/aromatic N) is 1. The number of rotatable bonds is 6. The van der Waals surface area contributed by atoms with Gasteiger partial charge in [0.05, 0.1) is 18.1 Å². The van der Waals surface area contributed by atoms with Gasteiger partial charge in [-0.2, -0.15) is 11.8 Å². The second-order valence-corrected chi connectivity index (χ2v) is 5.71. The largest absolute Gasteiger partial charge is 0.492 e. The fourth-order valence-electron chi connectivity index (χ4n) is 1.73. The van der Waals surface area contributed by atoms with Crippen LogP contribution in [0.1, 0.15) is 22.6 Å². The molecule has 0 amide bonds. The minimum atomic E-state index is 0.710. The highest BCUT2D eigenvalue weighted by Crippen LogP contribution is 2.20. The summed E-state index contributed by atoms with van der Waals surface area (Å²) in [4.78, 5) is 0. The molecule has 0 spiro atoms. The molecule has 2 rings (SSSR count). The first-order chi connectivity index (χ1) is 9.15. The molecule has 0 fully saturated rings. The molecule has 0 aliphatic carbocycles. The van der Waals surface area contributed by atoms with E-state index in [-0.39, 0.29) is 0 Å². The van der Waals surface area contributed by atoms with Crippen molar-refractivity contribution in [2.45, 2.75) is 26.5 Å². The molecule has 1 aromatic carbocycles. The van der Waals surface area contributed by atoms with Crippen LogP contribution in [0.2, 0.25) is 0 Å². The van der Waals surface area contributed by atoms with Crippen molar-refractivity contribution in [3.63, 3.8) is 0 Å². The maximum absolute atomic E-state index is 5.79. The van der Waals surface area contributed by atoms with Gasteiger partial charge in [0, 0.05) is 11.8 Å². The standard InChI is InChI=1S/C15H19NO2S/c1-11-4-5-12(2)15(8-11)17-6-7-19-10-14-9-13(3)16-18-14/h4-5,8-9H,6-7,10H2,1-3H3. The van der Waals surface area contributed by atoms with Crippen molar-refractivity contribution in [1.82, 2.24) is 5.16 Å². The van der Waals surface area contributed by atoms with Gasteiger partial charge in [0.25, 0.3) is 0 Å². The van der Waals surface area contributed by atoms with Crippen LogP contribution in [0.15, 0.2) is 28.8 Å². The smallest absolute Gasteiger partial charge is 0.146 e. The molecule has 0 radical (unpaired) electrons. The van der Waals surface area contributed by atoms with E-state index in [9.17, 15) is 0 Å². The zero-order valence-electron chi connectivity index (χ0n) is 11.6. The van der Waals surface area contributed by atoms with E-state index in [2.05, 4.69) is 37.2 Å². The van der Waals surface area contributed by atoms with E-state index >= 15 is 0 Å². The Hall–Kier alpha value is -1.42. The van der Waals surface area contributed by atoms with Crippen LogP contribution in [0.4, 0.5) is 0 Å². The lowest BCUT2D eigenvalue weighted by molar-refractivity contribution is 0.341. The van der Waals surface area contributed by atoms with E-state index in [0.717, 1.165) is 28.7 Å². The number of hydrogen-bond acceptors (Lipinski definition) is 4. The highest BCUT2D eigenvalue weighted by molar-refractivity contribution is 7.98. The van der Waals surface area contributed by atoms with Crippen LogP contribution >= 0.6 is 11.8 Å². The lowest BCUT2D eigenvalue weighted by Gasteiger charge is -2.09. The van der Waals surface area contributed by atoms with Crippen LogP contribution in [-0.4, -0.2) is 17.5 Å². The van der Waals surface area contributed by atoms with E-state index < -0.39 is 0 Å². The minimum absolute atomic E-state index is 0.710. The van der Waals surface area contributed by atoms with Crippen molar-refractivity contribution in [1.29, 1.82) is 0 Å². The summed E-state index contributed by atoms with van der Waals surface area (Å²) in [5.74, 6) is 3.69. The summed E-state index contributed by atoms with van der Waals surface area (Å²) in [6, 6.07) is 8.25. The van der Waals surface area contributed by atoms with Gasteiger partial charge >= 0.3 is 0 Å². The fraction of sp³-hybridized carbons (Fsp3) is 0.400. The second kappa shape index (κ2) is 6.66. The number of hydrogen-bond donors (Lipinski definition) is 0. The molecule has 19 heavy (non-hydrogen) atoms. The Kier molecular flexibility index (Phi) is 4.91. The SMILES string of the molecule is Cc1ccc(C)c(OCCSCc2cc(C)no2)c1. The summed E-state index contributed by atoms with van der Waals surface area (Å²) in [5, 5.41) is 3.86. The van der Waals surface area contributed by atoms with Gasteiger partial charge < -0.3 is 9.26 Å². The Bertz CT molecular complexity index is 537. The summed E-state index contributed by atoms with van der Waals surface area (Å²) in [6.07, 6.45) is 0. The van der Waals surface area contributed by atoms with Crippen molar-refractivity contribution in [2.24, 2.45) is 0 Å². The fourth-order valence-corrected chi connectivity index (χ4v) is 2.41. The van der Waals surface area contributed by atoms with Gasteiger partial charge in [-0.15, -0.1) is 0 Å². The topological polar surface area (TPSA) is 35.3 Å². The molecular weight excluding hydrogens is 258 g/mol. The summed E-state index contributed by atoms with van der Waals surface area (Å²) >= 11 is 1.79. The maximum atomic E-state index is 5.79. The van der Waals surface area contributed by atoms with Crippen molar-refractivity contribution >= 4 is 11.8 Å². The number of aromatic nitrogens is 1. The molecule has 1 aromatic heterocycles. The Morgan fingerprint density at radius 2 is 2.05 bits per heavy atom. The molecule has 0 saturated carbocycles. The third kappa shape index (κ3) is 4.31. The van der Waals surface area contributed by atoms with Crippen LogP contribution in [0, 0.1) is 20.8 Å². The molecule has 0 N–H and O–H groups in total. The van der Waals surface area contributed by atoms with E-state index in [4.69, 9.17) is 9.26 Å². The summed E-state index contributed by atoms with van der Waals surface area (Å²) in [6.45, 7) is 6.79. The van der Waals surface area contributed by atoms with Crippen LogP contribution in [0.25, 0.3) is 0 Å². The molecule has 0 atom stereocenters. The molecule has 1 heterocycles. The zero-order chi connectivity index (χ0) is 13.7. The van der Waals surface area contributed by atoms with Gasteiger partial charge in [0.2, 0.25) is 0 Å². The first kappa shape index (κ1) is 14.0. The van der Waals surface area contributed by atoms with Crippen molar-refractivity contribution in [3.05, 3.63) is 46.8 Å². The third-order valence-corrected chi connectivity index (χ3v) is 3.69. The summed E-state index contributed by atoms with van der Waals surface area (Å²) in [7, 11) is 0. The van der Waals surface area contributed by atoms with Crippen molar-refractivity contribution in [2.75, 3.05) is 12.4 Å². The average Bonchev–Trinajstić information content (AvgIpc) is 2.79. The third-order valence-electron chi connectivity index (χ3n) is 2.75. The van der Waals surface area contributed by atoms with Crippen molar-refractivity contribution in [3.8, 4) is 5.75 Å². The van der Waals surface area contributed by atoms with Crippen molar-refractivity contribution < 1.29 is 9.26 Å². The minimum Gasteiger partial charge on any atom is -0.492 e. The van der Waals surface area contributed by atoms with E-state index in [0.29, 0.717) is 6.61 Å². The van der Waals surface area contributed by atoms with Crippen LogP contribution in [-0.2, 0) is 5.75 Å². The molecule has 3 nitrogen and oxygen atoms in total. The Labute approximate surface area is 118 Å². The molecule has 2 aromatic rings. The van der Waals surface area contributed by atoms with E-state index in [1.165, 1.54) is 11.1 Å². The number of aryl methyl sites for hydroxylation is 3. The lowest BCUT2D eigenvalue weighted by Crippen LogP contribution is -2.01. The second-order valence-electron chi connectivity index (χ2n) is 4.60. The normalized spacial score (nSPS) is 10.7. The molecule has 4 heteroatoms. The van der Waals surface area contributed by atoms with Gasteiger partial charge in [-0.3, -0.25) is 0 Å². The highest BCUT2D eigenvalue weighted by Gasteiger charge is 2.02. The first-order valence-corrected chi connectivity index (χ1v) is 7.50. The van der Waals surface area contributed by atoms with E-state index in [1.807, 2.05) is 13.0 Å². The van der Waals surface area contributed by atoms with Crippen LogP contribution in [0.5, 0.6) is 5.75 Å².